The summed E-state index contributed by atoms with van der Waals surface area (Å²) in [6.45, 7) is 2.05. The molecule has 0 aromatic heterocycles. The lowest BCUT2D eigenvalue weighted by Gasteiger charge is -2.11. The Morgan fingerprint density at radius 2 is 1.67 bits per heavy atom. The third kappa shape index (κ3) is 2.47. The van der Waals surface area contributed by atoms with Gasteiger partial charge in [-0.3, -0.25) is 0 Å². The Morgan fingerprint density at radius 1 is 1.00 bits per heavy atom. The van der Waals surface area contributed by atoms with E-state index < -0.39 is 0 Å². The molecule has 0 amide bonds. The molecule has 2 aromatic rings. The fraction of sp³-hybridized carbons (Fsp3) is 0.200. The van der Waals surface area contributed by atoms with E-state index in [1.165, 1.54) is 0 Å². The SMILES string of the molecule is CCc1c(Cl)ccc(-c2ccc(OC)cc2)c1Cl. The van der Waals surface area contributed by atoms with Gasteiger partial charge in [-0.15, -0.1) is 0 Å². The summed E-state index contributed by atoms with van der Waals surface area (Å²) in [6.07, 6.45) is 0.821. The van der Waals surface area contributed by atoms with Crippen molar-refractivity contribution < 1.29 is 4.74 Å². The van der Waals surface area contributed by atoms with E-state index in [0.29, 0.717) is 0 Å². The van der Waals surface area contributed by atoms with Crippen molar-refractivity contribution in [2.24, 2.45) is 0 Å². The van der Waals surface area contributed by atoms with Crippen LogP contribution in [0.2, 0.25) is 10.0 Å². The summed E-state index contributed by atoms with van der Waals surface area (Å²) in [4.78, 5) is 0. The van der Waals surface area contributed by atoms with Gasteiger partial charge in [-0.2, -0.15) is 0 Å². The summed E-state index contributed by atoms with van der Waals surface area (Å²) < 4.78 is 5.15. The molecule has 0 spiro atoms. The Morgan fingerprint density at radius 3 is 2.22 bits per heavy atom. The summed E-state index contributed by atoms with van der Waals surface area (Å²) in [5.74, 6) is 0.833. The molecule has 18 heavy (non-hydrogen) atoms. The summed E-state index contributed by atoms with van der Waals surface area (Å²) in [7, 11) is 1.65. The van der Waals surface area contributed by atoms with Gasteiger partial charge in [0, 0.05) is 10.6 Å². The topological polar surface area (TPSA) is 9.23 Å². The van der Waals surface area contributed by atoms with Gasteiger partial charge >= 0.3 is 0 Å². The maximum Gasteiger partial charge on any atom is 0.118 e. The van der Waals surface area contributed by atoms with Crippen LogP contribution in [0, 0.1) is 0 Å². The Hall–Kier alpha value is -1.18. The maximum atomic E-state index is 6.41. The number of methoxy groups -OCH3 is 1. The molecule has 0 aliphatic heterocycles. The van der Waals surface area contributed by atoms with Crippen molar-refractivity contribution in [3.8, 4) is 16.9 Å². The second-order valence-corrected chi connectivity index (χ2v) is 4.75. The van der Waals surface area contributed by atoms with E-state index in [2.05, 4.69) is 0 Å². The summed E-state index contributed by atoms with van der Waals surface area (Å²) in [5.41, 5.74) is 3.05. The van der Waals surface area contributed by atoms with Crippen LogP contribution in [0.25, 0.3) is 11.1 Å². The molecule has 0 bridgehead atoms. The zero-order valence-electron chi connectivity index (χ0n) is 10.3. The Bertz CT molecular complexity index is 547. The van der Waals surface area contributed by atoms with E-state index in [0.717, 1.165) is 38.9 Å². The molecule has 2 rings (SSSR count). The average Bonchev–Trinajstić information content (AvgIpc) is 2.40. The fourth-order valence-electron chi connectivity index (χ4n) is 1.92. The zero-order chi connectivity index (χ0) is 13.1. The molecule has 0 aliphatic carbocycles. The normalized spacial score (nSPS) is 10.4. The predicted molar refractivity (Wildman–Crippen MR) is 77.8 cm³/mol. The first-order valence-electron chi connectivity index (χ1n) is 5.78. The maximum absolute atomic E-state index is 6.41. The van der Waals surface area contributed by atoms with Gasteiger partial charge in [-0.05, 0) is 35.7 Å². The first kappa shape index (κ1) is 13.3. The molecule has 94 valence electrons. The third-order valence-corrected chi connectivity index (χ3v) is 3.73. The van der Waals surface area contributed by atoms with E-state index in [1.54, 1.807) is 7.11 Å². The minimum atomic E-state index is 0.722. The van der Waals surface area contributed by atoms with Crippen LogP contribution in [0.5, 0.6) is 5.75 Å². The molecule has 0 radical (unpaired) electrons. The minimum Gasteiger partial charge on any atom is -0.497 e. The zero-order valence-corrected chi connectivity index (χ0v) is 11.8. The van der Waals surface area contributed by atoms with Crippen LogP contribution >= 0.6 is 23.2 Å². The van der Waals surface area contributed by atoms with Gasteiger partial charge in [0.15, 0.2) is 0 Å². The van der Waals surface area contributed by atoms with Crippen LogP contribution in [-0.4, -0.2) is 7.11 Å². The second kappa shape index (κ2) is 5.64. The molecular formula is C15H14Cl2O. The monoisotopic (exact) mass is 280 g/mol. The van der Waals surface area contributed by atoms with Crippen molar-refractivity contribution >= 4 is 23.2 Å². The molecule has 3 heteroatoms. The van der Waals surface area contributed by atoms with Crippen molar-refractivity contribution in [1.82, 2.24) is 0 Å². The molecular weight excluding hydrogens is 267 g/mol. The lowest BCUT2D eigenvalue weighted by Crippen LogP contribution is -1.89. The number of hydrogen-bond acceptors (Lipinski definition) is 1. The smallest absolute Gasteiger partial charge is 0.118 e. The van der Waals surface area contributed by atoms with E-state index in [9.17, 15) is 0 Å². The Balaban J connectivity index is 2.50. The van der Waals surface area contributed by atoms with Gasteiger partial charge in [-0.25, -0.2) is 0 Å². The number of rotatable bonds is 3. The van der Waals surface area contributed by atoms with E-state index in [1.807, 2.05) is 43.3 Å². The van der Waals surface area contributed by atoms with Crippen molar-refractivity contribution in [1.29, 1.82) is 0 Å². The lowest BCUT2D eigenvalue weighted by molar-refractivity contribution is 0.415. The quantitative estimate of drug-likeness (QED) is 0.748. The largest absolute Gasteiger partial charge is 0.497 e. The lowest BCUT2D eigenvalue weighted by atomic mass is 10.0. The molecule has 0 unspecified atom stereocenters. The first-order chi connectivity index (χ1) is 8.67. The number of ether oxygens (including phenoxy) is 1. The average molecular weight is 281 g/mol. The van der Waals surface area contributed by atoms with E-state index in [4.69, 9.17) is 27.9 Å². The van der Waals surface area contributed by atoms with Crippen LogP contribution < -0.4 is 4.74 Å². The predicted octanol–water partition coefficient (Wildman–Crippen LogP) is 5.23. The van der Waals surface area contributed by atoms with Crippen molar-refractivity contribution in [2.45, 2.75) is 13.3 Å². The van der Waals surface area contributed by atoms with Crippen LogP contribution in [-0.2, 0) is 6.42 Å². The Kier molecular flexibility index (Phi) is 4.15. The van der Waals surface area contributed by atoms with Crippen LogP contribution in [0.1, 0.15) is 12.5 Å². The molecule has 0 fully saturated rings. The van der Waals surface area contributed by atoms with Crippen LogP contribution in [0.3, 0.4) is 0 Å². The van der Waals surface area contributed by atoms with Gasteiger partial charge in [0.05, 0.1) is 12.1 Å². The number of halogens is 2. The highest BCUT2D eigenvalue weighted by Crippen LogP contribution is 2.35. The van der Waals surface area contributed by atoms with E-state index in [-0.39, 0.29) is 0 Å². The van der Waals surface area contributed by atoms with Crippen LogP contribution in [0.15, 0.2) is 36.4 Å². The molecule has 1 nitrogen and oxygen atoms in total. The standard InChI is InChI=1S/C15H14Cl2O/c1-3-12-14(16)9-8-13(15(12)17)10-4-6-11(18-2)7-5-10/h4-9H,3H2,1-2H3. The molecule has 2 aromatic carbocycles. The highest BCUT2D eigenvalue weighted by Gasteiger charge is 2.10. The molecule has 0 heterocycles. The molecule has 0 atom stereocenters. The molecule has 0 aliphatic rings. The van der Waals surface area contributed by atoms with Gasteiger partial charge in [0.2, 0.25) is 0 Å². The summed E-state index contributed by atoms with van der Waals surface area (Å²) in [5, 5.41) is 1.45. The first-order valence-corrected chi connectivity index (χ1v) is 6.54. The highest BCUT2D eigenvalue weighted by atomic mass is 35.5. The van der Waals surface area contributed by atoms with Gasteiger partial charge < -0.3 is 4.74 Å². The number of benzene rings is 2. The van der Waals surface area contributed by atoms with Gasteiger partial charge in [0.1, 0.15) is 5.75 Å². The van der Waals surface area contributed by atoms with Gasteiger partial charge in [0.25, 0.3) is 0 Å². The van der Waals surface area contributed by atoms with Crippen molar-refractivity contribution in [2.75, 3.05) is 7.11 Å². The highest BCUT2D eigenvalue weighted by molar-refractivity contribution is 6.37. The summed E-state index contributed by atoms with van der Waals surface area (Å²) >= 11 is 12.5. The van der Waals surface area contributed by atoms with E-state index >= 15 is 0 Å². The van der Waals surface area contributed by atoms with Crippen molar-refractivity contribution in [3.05, 3.63) is 52.0 Å². The fourth-order valence-corrected chi connectivity index (χ4v) is 2.66. The van der Waals surface area contributed by atoms with Crippen LogP contribution in [0.4, 0.5) is 0 Å². The Labute approximate surface area is 117 Å². The molecule has 0 saturated heterocycles. The summed E-state index contributed by atoms with van der Waals surface area (Å²) in [6, 6.07) is 11.7. The third-order valence-electron chi connectivity index (χ3n) is 2.94. The minimum absolute atomic E-state index is 0.722. The molecule has 0 N–H and O–H groups in total. The molecule has 0 saturated carbocycles. The van der Waals surface area contributed by atoms with Gasteiger partial charge in [-0.1, -0.05) is 48.3 Å². The number of hydrogen-bond donors (Lipinski definition) is 0. The van der Waals surface area contributed by atoms with Crippen molar-refractivity contribution in [3.63, 3.8) is 0 Å². The second-order valence-electron chi connectivity index (χ2n) is 3.97.